The summed E-state index contributed by atoms with van der Waals surface area (Å²) in [5, 5.41) is 3.15. The molecule has 1 heterocycles. The quantitative estimate of drug-likeness (QED) is 0.780. The number of hydrogen-bond acceptors (Lipinski definition) is 3. The summed E-state index contributed by atoms with van der Waals surface area (Å²) in [6.07, 6.45) is 2.39. The number of hydrogen-bond donors (Lipinski definition) is 1. The van der Waals surface area contributed by atoms with Crippen molar-refractivity contribution in [2.75, 3.05) is 5.32 Å². The molecule has 1 aromatic heterocycles. The van der Waals surface area contributed by atoms with Gasteiger partial charge in [0.1, 0.15) is 0 Å². The minimum absolute atomic E-state index is 0.624. The van der Waals surface area contributed by atoms with Gasteiger partial charge in [0.05, 0.1) is 4.88 Å². The summed E-state index contributed by atoms with van der Waals surface area (Å²) >= 11 is 1.46. The monoisotopic (exact) mass is 204 g/mol. The van der Waals surface area contributed by atoms with Crippen molar-refractivity contribution in [2.24, 2.45) is 0 Å². The van der Waals surface area contributed by atoms with Crippen LogP contribution in [0.25, 0.3) is 10.4 Å². The molecule has 0 atom stereocenters. The second-order valence-electron chi connectivity index (χ2n) is 2.66. The van der Waals surface area contributed by atoms with Crippen LogP contribution in [0, 0.1) is 0 Å². The number of thiazole rings is 1. The van der Waals surface area contributed by atoms with Crippen LogP contribution in [-0.4, -0.2) is 11.4 Å². The van der Waals surface area contributed by atoms with Crippen molar-refractivity contribution in [3.8, 4) is 10.4 Å². The topological polar surface area (TPSA) is 42.0 Å². The molecule has 14 heavy (non-hydrogen) atoms. The third-order valence-corrected chi connectivity index (χ3v) is 2.72. The second-order valence-corrected chi connectivity index (χ2v) is 3.69. The first-order chi connectivity index (χ1) is 6.90. The molecule has 4 heteroatoms. The Morgan fingerprint density at radius 3 is 2.79 bits per heavy atom. The van der Waals surface area contributed by atoms with Gasteiger partial charge in [-0.3, -0.25) is 4.79 Å². The molecule has 0 unspecified atom stereocenters. The van der Waals surface area contributed by atoms with Crippen LogP contribution in [0.5, 0.6) is 0 Å². The van der Waals surface area contributed by atoms with Crippen molar-refractivity contribution in [2.45, 2.75) is 0 Å². The molecule has 1 aromatic carbocycles. The molecular weight excluding hydrogens is 196 g/mol. The lowest BCUT2D eigenvalue weighted by atomic mass is 10.2. The Bertz CT molecular complexity index is 425. The number of amides is 1. The van der Waals surface area contributed by atoms with Gasteiger partial charge in [-0.15, -0.1) is 0 Å². The maximum Gasteiger partial charge on any atom is 0.213 e. The number of aromatic nitrogens is 1. The maximum absolute atomic E-state index is 10.2. The van der Waals surface area contributed by atoms with Crippen LogP contribution in [-0.2, 0) is 4.79 Å². The van der Waals surface area contributed by atoms with E-state index >= 15 is 0 Å². The van der Waals surface area contributed by atoms with Crippen molar-refractivity contribution < 1.29 is 4.79 Å². The van der Waals surface area contributed by atoms with E-state index in [1.165, 1.54) is 11.3 Å². The summed E-state index contributed by atoms with van der Waals surface area (Å²) in [5.41, 5.74) is 1.11. The molecule has 0 aliphatic carbocycles. The Balaban J connectivity index is 2.29. The molecule has 0 spiro atoms. The van der Waals surface area contributed by atoms with Crippen molar-refractivity contribution in [1.82, 2.24) is 4.98 Å². The fourth-order valence-electron chi connectivity index (χ4n) is 1.13. The Morgan fingerprint density at radius 2 is 2.07 bits per heavy atom. The van der Waals surface area contributed by atoms with Gasteiger partial charge < -0.3 is 5.32 Å². The van der Waals surface area contributed by atoms with Gasteiger partial charge in [0.2, 0.25) is 6.41 Å². The van der Waals surface area contributed by atoms with Crippen molar-refractivity contribution >= 4 is 22.9 Å². The molecule has 1 amide bonds. The zero-order chi connectivity index (χ0) is 9.80. The lowest BCUT2D eigenvalue weighted by Crippen LogP contribution is -1.90. The summed E-state index contributed by atoms with van der Waals surface area (Å²) in [6.45, 7) is 0. The zero-order valence-electron chi connectivity index (χ0n) is 7.31. The molecule has 0 bridgehead atoms. The minimum Gasteiger partial charge on any atom is -0.305 e. The second kappa shape index (κ2) is 4.02. The lowest BCUT2D eigenvalue weighted by Gasteiger charge is -1.93. The molecule has 0 saturated heterocycles. The summed E-state index contributed by atoms with van der Waals surface area (Å²) in [5.74, 6) is 0. The molecule has 1 N–H and O–H groups in total. The number of nitrogens with one attached hydrogen (secondary N) is 1. The molecule has 3 nitrogen and oxygen atoms in total. The van der Waals surface area contributed by atoms with Gasteiger partial charge in [-0.1, -0.05) is 41.7 Å². The highest BCUT2D eigenvalue weighted by atomic mass is 32.1. The largest absolute Gasteiger partial charge is 0.305 e. The number of carbonyl (C=O) groups excluding carboxylic acids is 1. The fraction of sp³-hybridized carbons (Fsp3) is 0. The van der Waals surface area contributed by atoms with E-state index in [4.69, 9.17) is 0 Å². The third kappa shape index (κ3) is 1.80. The SMILES string of the molecule is O=CNc1ncc(-c2ccccc2)s1. The van der Waals surface area contributed by atoms with Gasteiger partial charge >= 0.3 is 0 Å². The first kappa shape index (κ1) is 8.90. The molecule has 0 aliphatic heterocycles. The summed E-state index contributed by atoms with van der Waals surface area (Å²) in [7, 11) is 0. The highest BCUT2D eigenvalue weighted by Crippen LogP contribution is 2.27. The van der Waals surface area contributed by atoms with Gasteiger partial charge in [0.25, 0.3) is 0 Å². The molecule has 0 aliphatic rings. The summed E-state index contributed by atoms with van der Waals surface area (Å²) in [6, 6.07) is 9.94. The number of benzene rings is 1. The highest BCUT2D eigenvalue weighted by molar-refractivity contribution is 7.19. The van der Waals surface area contributed by atoms with Crippen LogP contribution in [0.3, 0.4) is 0 Å². The molecule has 0 radical (unpaired) electrons. The lowest BCUT2D eigenvalue weighted by molar-refractivity contribution is -0.105. The predicted octanol–water partition coefficient (Wildman–Crippen LogP) is 2.38. The number of anilines is 1. The van der Waals surface area contributed by atoms with Gasteiger partial charge in [-0.05, 0) is 5.56 Å². The van der Waals surface area contributed by atoms with Crippen LogP contribution < -0.4 is 5.32 Å². The molecule has 2 rings (SSSR count). The first-order valence-corrected chi connectivity index (χ1v) is 4.93. The van der Waals surface area contributed by atoms with E-state index in [0.29, 0.717) is 11.5 Å². The molecule has 0 fully saturated rings. The van der Waals surface area contributed by atoms with Crippen LogP contribution >= 0.6 is 11.3 Å². The standard InChI is InChI=1S/C10H8N2OS/c13-7-12-10-11-6-9(14-10)8-4-2-1-3-5-8/h1-7H,(H,11,12,13). The molecule has 70 valence electrons. The van der Waals surface area contributed by atoms with Crippen molar-refractivity contribution in [1.29, 1.82) is 0 Å². The van der Waals surface area contributed by atoms with E-state index in [-0.39, 0.29) is 0 Å². The fourth-order valence-corrected chi connectivity index (χ4v) is 1.91. The Kier molecular flexibility index (Phi) is 2.55. The summed E-state index contributed by atoms with van der Waals surface area (Å²) < 4.78 is 0. The van der Waals surface area contributed by atoms with E-state index < -0.39 is 0 Å². The van der Waals surface area contributed by atoms with E-state index in [2.05, 4.69) is 10.3 Å². The van der Waals surface area contributed by atoms with Crippen LogP contribution in [0.4, 0.5) is 5.13 Å². The van der Waals surface area contributed by atoms with E-state index in [0.717, 1.165) is 10.4 Å². The number of carbonyl (C=O) groups is 1. The Morgan fingerprint density at radius 1 is 1.29 bits per heavy atom. The van der Waals surface area contributed by atoms with E-state index in [1.54, 1.807) is 6.20 Å². The van der Waals surface area contributed by atoms with Crippen molar-refractivity contribution in [3.05, 3.63) is 36.5 Å². The average Bonchev–Trinajstić information content (AvgIpc) is 2.68. The maximum atomic E-state index is 10.2. The Labute approximate surface area is 85.4 Å². The van der Waals surface area contributed by atoms with E-state index in [9.17, 15) is 4.79 Å². The van der Waals surface area contributed by atoms with Gasteiger partial charge in [-0.25, -0.2) is 4.98 Å². The van der Waals surface area contributed by atoms with Gasteiger partial charge in [0.15, 0.2) is 5.13 Å². The van der Waals surface area contributed by atoms with Crippen LogP contribution in [0.1, 0.15) is 0 Å². The Hall–Kier alpha value is -1.68. The zero-order valence-corrected chi connectivity index (χ0v) is 8.12. The smallest absolute Gasteiger partial charge is 0.213 e. The molecule has 0 saturated carbocycles. The minimum atomic E-state index is 0.624. The first-order valence-electron chi connectivity index (χ1n) is 4.11. The van der Waals surface area contributed by atoms with E-state index in [1.807, 2.05) is 30.3 Å². The predicted molar refractivity (Wildman–Crippen MR) is 57.2 cm³/mol. The average molecular weight is 204 g/mol. The van der Waals surface area contributed by atoms with Crippen LogP contribution in [0.15, 0.2) is 36.5 Å². The number of rotatable bonds is 3. The van der Waals surface area contributed by atoms with Crippen LogP contribution in [0.2, 0.25) is 0 Å². The van der Waals surface area contributed by atoms with Crippen molar-refractivity contribution in [3.63, 3.8) is 0 Å². The highest BCUT2D eigenvalue weighted by Gasteiger charge is 2.02. The normalized spacial score (nSPS) is 9.71. The molecule has 2 aromatic rings. The van der Waals surface area contributed by atoms with Gasteiger partial charge in [0, 0.05) is 6.20 Å². The molecular formula is C10H8N2OS. The summed E-state index contributed by atoms with van der Waals surface area (Å²) in [4.78, 5) is 15.3. The number of nitrogens with zero attached hydrogens (tertiary/aromatic N) is 1. The van der Waals surface area contributed by atoms with Gasteiger partial charge in [-0.2, -0.15) is 0 Å². The third-order valence-electron chi connectivity index (χ3n) is 1.75.